The van der Waals surface area contributed by atoms with Gasteiger partial charge in [-0.1, -0.05) is 46.7 Å². The van der Waals surface area contributed by atoms with Crippen LogP contribution in [-0.4, -0.2) is 22.7 Å². The lowest BCUT2D eigenvalue weighted by molar-refractivity contribution is 0.102. The largest absolute Gasteiger partial charge is 0.494 e. The lowest BCUT2D eigenvalue weighted by Crippen LogP contribution is -2.11. The van der Waals surface area contributed by atoms with Crippen molar-refractivity contribution in [3.05, 3.63) is 69.1 Å². The number of anilines is 1. The fraction of sp³-hybridized carbons (Fsp3) is 0.143. The van der Waals surface area contributed by atoms with Crippen LogP contribution < -0.4 is 10.1 Å². The first-order valence-corrected chi connectivity index (χ1v) is 10.5. The van der Waals surface area contributed by atoms with Crippen molar-refractivity contribution >= 4 is 57.2 Å². The van der Waals surface area contributed by atoms with Crippen LogP contribution >= 0.6 is 34.5 Å². The van der Waals surface area contributed by atoms with Crippen LogP contribution in [0.3, 0.4) is 0 Å². The molecule has 1 amide bonds. The fourth-order valence-corrected chi connectivity index (χ4v) is 3.42. The molecule has 1 aromatic heterocycles. The summed E-state index contributed by atoms with van der Waals surface area (Å²) < 4.78 is 5.63. The van der Waals surface area contributed by atoms with Gasteiger partial charge in [0.05, 0.1) is 17.7 Å². The number of carbonyl (C=O) groups excluding carboxylic acids is 1. The van der Waals surface area contributed by atoms with Gasteiger partial charge in [-0.05, 0) is 54.5 Å². The molecule has 6 nitrogen and oxygen atoms in total. The minimum Gasteiger partial charge on any atom is -0.494 e. The van der Waals surface area contributed by atoms with Crippen LogP contribution in [0.25, 0.3) is 11.1 Å². The summed E-state index contributed by atoms with van der Waals surface area (Å²) >= 11 is 13.3. The van der Waals surface area contributed by atoms with Crippen LogP contribution in [0.4, 0.5) is 5.69 Å². The van der Waals surface area contributed by atoms with E-state index in [4.69, 9.17) is 33.2 Å². The summed E-state index contributed by atoms with van der Waals surface area (Å²) in [5.74, 6) is 0.310. The molecule has 3 rings (SSSR count). The van der Waals surface area contributed by atoms with Crippen LogP contribution in [0.5, 0.6) is 5.75 Å². The molecule has 1 N–H and O–H groups in total. The number of benzene rings is 2. The van der Waals surface area contributed by atoms with Crippen molar-refractivity contribution in [3.8, 4) is 11.8 Å². The molecule has 0 radical (unpaired) electrons. The smallest absolute Gasteiger partial charge is 0.286 e. The first-order chi connectivity index (χ1) is 14.5. The standard InChI is InChI=1S/C21H16Cl2N4O2S/c22-15-6-8-16(9-7-15)25-19(28)21-27-26-20(30-21)18(23)13-14-4-3-5-17(12-14)29-11-2-1-10-24/h3-9,12-13H,1-2,11H2,(H,25,28)/b18-13+. The van der Waals surface area contributed by atoms with Gasteiger partial charge < -0.3 is 10.1 Å². The molecule has 30 heavy (non-hydrogen) atoms. The quantitative estimate of drug-likeness (QED) is 0.426. The summed E-state index contributed by atoms with van der Waals surface area (Å²) in [6.45, 7) is 0.469. The molecule has 0 atom stereocenters. The van der Waals surface area contributed by atoms with Crippen LogP contribution in [0.15, 0.2) is 48.5 Å². The third-order valence-electron chi connectivity index (χ3n) is 3.78. The SMILES string of the molecule is N#CCCCOc1cccc(/C=C(/Cl)c2nnc(C(=O)Nc3ccc(Cl)cc3)s2)c1. The van der Waals surface area contributed by atoms with E-state index in [1.807, 2.05) is 24.3 Å². The number of ether oxygens (including phenoxy) is 1. The van der Waals surface area contributed by atoms with Crippen LogP contribution in [0.2, 0.25) is 5.02 Å². The van der Waals surface area contributed by atoms with Crippen molar-refractivity contribution in [1.29, 1.82) is 5.26 Å². The van der Waals surface area contributed by atoms with Gasteiger partial charge >= 0.3 is 0 Å². The molecule has 9 heteroatoms. The van der Waals surface area contributed by atoms with E-state index in [0.717, 1.165) is 16.9 Å². The van der Waals surface area contributed by atoms with E-state index in [-0.39, 0.29) is 10.9 Å². The van der Waals surface area contributed by atoms with E-state index in [9.17, 15) is 4.79 Å². The van der Waals surface area contributed by atoms with Gasteiger partial charge in [-0.3, -0.25) is 4.79 Å². The Balaban J connectivity index is 1.66. The molecular weight excluding hydrogens is 443 g/mol. The van der Waals surface area contributed by atoms with Gasteiger partial charge in [0.1, 0.15) is 5.75 Å². The Morgan fingerprint density at radius 2 is 1.97 bits per heavy atom. The first kappa shape index (κ1) is 21.8. The molecule has 0 saturated heterocycles. The van der Waals surface area contributed by atoms with Crippen LogP contribution in [0, 0.1) is 11.3 Å². The highest BCUT2D eigenvalue weighted by Gasteiger charge is 2.15. The summed E-state index contributed by atoms with van der Waals surface area (Å²) in [7, 11) is 0. The van der Waals surface area contributed by atoms with Crippen molar-refractivity contribution in [1.82, 2.24) is 10.2 Å². The Morgan fingerprint density at radius 1 is 1.20 bits per heavy atom. The molecule has 0 aliphatic rings. The van der Waals surface area contributed by atoms with Crippen LogP contribution in [-0.2, 0) is 0 Å². The first-order valence-electron chi connectivity index (χ1n) is 8.93. The highest BCUT2D eigenvalue weighted by Crippen LogP contribution is 2.27. The summed E-state index contributed by atoms with van der Waals surface area (Å²) in [6.07, 6.45) is 2.85. The Morgan fingerprint density at radius 3 is 2.73 bits per heavy atom. The lowest BCUT2D eigenvalue weighted by Gasteiger charge is -2.05. The maximum atomic E-state index is 12.3. The number of hydrogen-bond acceptors (Lipinski definition) is 6. The molecule has 3 aromatic rings. The molecule has 2 aromatic carbocycles. The van der Waals surface area contributed by atoms with E-state index < -0.39 is 0 Å². The number of halogens is 2. The minimum atomic E-state index is -0.377. The summed E-state index contributed by atoms with van der Waals surface area (Å²) in [6, 6.07) is 16.2. The van der Waals surface area contributed by atoms with Gasteiger partial charge in [-0.25, -0.2) is 0 Å². The predicted molar refractivity (Wildman–Crippen MR) is 120 cm³/mol. The number of rotatable bonds is 8. The second-order valence-electron chi connectivity index (χ2n) is 6.05. The molecule has 0 unspecified atom stereocenters. The maximum Gasteiger partial charge on any atom is 0.286 e. The van der Waals surface area contributed by atoms with Crippen molar-refractivity contribution in [2.24, 2.45) is 0 Å². The summed E-state index contributed by atoms with van der Waals surface area (Å²) in [4.78, 5) is 12.3. The number of nitrogens with one attached hydrogen (secondary N) is 1. The normalized spacial score (nSPS) is 11.0. The number of hydrogen-bond donors (Lipinski definition) is 1. The van der Waals surface area contributed by atoms with E-state index in [1.54, 1.807) is 30.3 Å². The summed E-state index contributed by atoms with van der Waals surface area (Å²) in [5.41, 5.74) is 1.43. The molecule has 0 spiro atoms. The summed E-state index contributed by atoms with van der Waals surface area (Å²) in [5, 5.41) is 20.8. The highest BCUT2D eigenvalue weighted by molar-refractivity contribution is 7.15. The molecule has 1 heterocycles. The molecule has 0 aliphatic carbocycles. The lowest BCUT2D eigenvalue weighted by atomic mass is 10.2. The zero-order chi connectivity index (χ0) is 21.3. The van der Waals surface area contributed by atoms with Crippen molar-refractivity contribution < 1.29 is 9.53 Å². The predicted octanol–water partition coefficient (Wildman–Crippen LogP) is 5.86. The maximum absolute atomic E-state index is 12.3. The average Bonchev–Trinajstić information content (AvgIpc) is 3.24. The Kier molecular flexibility index (Phi) is 7.80. The van der Waals surface area contributed by atoms with E-state index in [1.165, 1.54) is 0 Å². The van der Waals surface area contributed by atoms with Gasteiger partial charge in [0.2, 0.25) is 5.01 Å². The molecular formula is C21H16Cl2N4O2S. The van der Waals surface area contributed by atoms with Crippen LogP contribution in [0.1, 0.15) is 33.2 Å². The Hall–Kier alpha value is -2.92. The number of unbranched alkanes of at least 4 members (excludes halogenated alkanes) is 1. The Bertz CT molecular complexity index is 1090. The molecule has 152 valence electrons. The fourth-order valence-electron chi connectivity index (χ4n) is 2.37. The number of amides is 1. The van der Waals surface area contributed by atoms with Crippen molar-refractivity contribution in [2.75, 3.05) is 11.9 Å². The monoisotopic (exact) mass is 458 g/mol. The minimum absolute atomic E-state index is 0.195. The van der Waals surface area contributed by atoms with E-state index in [2.05, 4.69) is 21.6 Å². The van der Waals surface area contributed by atoms with Gasteiger partial charge in [-0.15, -0.1) is 10.2 Å². The second-order valence-corrected chi connectivity index (χ2v) is 7.87. The topological polar surface area (TPSA) is 87.9 Å². The third kappa shape index (κ3) is 6.29. The zero-order valence-corrected chi connectivity index (χ0v) is 18.0. The number of nitrogens with zero attached hydrogens (tertiary/aromatic N) is 3. The molecule has 0 saturated carbocycles. The van der Waals surface area contributed by atoms with Gasteiger partial charge in [0, 0.05) is 17.1 Å². The second kappa shape index (κ2) is 10.7. The van der Waals surface area contributed by atoms with Crippen molar-refractivity contribution in [2.45, 2.75) is 12.8 Å². The number of nitriles is 1. The van der Waals surface area contributed by atoms with E-state index in [0.29, 0.717) is 45.9 Å². The number of carbonyl (C=O) groups is 1. The molecule has 0 fully saturated rings. The zero-order valence-electron chi connectivity index (χ0n) is 15.6. The van der Waals surface area contributed by atoms with Gasteiger partial charge in [0.15, 0.2) is 5.01 Å². The Labute approximate surface area is 187 Å². The number of aromatic nitrogens is 2. The highest BCUT2D eigenvalue weighted by atomic mass is 35.5. The molecule has 0 aliphatic heterocycles. The van der Waals surface area contributed by atoms with Gasteiger partial charge in [-0.2, -0.15) is 5.26 Å². The third-order valence-corrected chi connectivity index (χ3v) is 5.39. The van der Waals surface area contributed by atoms with Crippen molar-refractivity contribution in [3.63, 3.8) is 0 Å². The molecule has 0 bridgehead atoms. The van der Waals surface area contributed by atoms with E-state index >= 15 is 0 Å². The van der Waals surface area contributed by atoms with Gasteiger partial charge in [0.25, 0.3) is 5.91 Å². The average molecular weight is 459 g/mol.